The van der Waals surface area contributed by atoms with Gasteiger partial charge in [-0.1, -0.05) is 13.8 Å². The molecular weight excluding hydrogens is 323 g/mol. The molecule has 1 aromatic rings. The van der Waals surface area contributed by atoms with Crippen molar-refractivity contribution < 1.29 is 22.7 Å². The molecule has 1 heterocycles. The van der Waals surface area contributed by atoms with Gasteiger partial charge in [0, 0.05) is 11.7 Å². The summed E-state index contributed by atoms with van der Waals surface area (Å²) in [6.07, 6.45) is -2.71. The van der Waals surface area contributed by atoms with E-state index < -0.39 is 12.8 Å². The molecule has 1 aromatic carbocycles. The van der Waals surface area contributed by atoms with E-state index in [0.717, 1.165) is 6.42 Å². The zero-order valence-electron chi connectivity index (χ0n) is 13.6. The number of hydrazine groups is 1. The second-order valence-corrected chi connectivity index (χ2v) is 6.32. The molecule has 2 unspecified atom stereocenters. The lowest BCUT2D eigenvalue weighted by Crippen LogP contribution is -2.40. The van der Waals surface area contributed by atoms with Crippen LogP contribution in [0.5, 0.6) is 5.75 Å². The number of ether oxygens (including phenoxy) is 1. The number of alkyl halides is 3. The predicted molar refractivity (Wildman–Crippen MR) is 84.5 cm³/mol. The standard InChI is InChI=1S/C16H22F3N3O2/c1-10(2)7-12-8-14(22-21-12)15(23)20-11-3-5-13(6-4-11)24-9-16(17,18)19/h3-6,10,12,14,21-22H,7-9H2,1-2H3,(H,20,23). The number of carbonyl (C=O) groups is 1. The largest absolute Gasteiger partial charge is 0.484 e. The zero-order valence-corrected chi connectivity index (χ0v) is 13.6. The average molecular weight is 345 g/mol. The fraction of sp³-hybridized carbons (Fsp3) is 0.562. The topological polar surface area (TPSA) is 62.4 Å². The Hall–Kier alpha value is -1.80. The number of rotatable bonds is 6. The van der Waals surface area contributed by atoms with E-state index >= 15 is 0 Å². The third kappa shape index (κ3) is 6.01. The van der Waals surface area contributed by atoms with E-state index in [1.54, 1.807) is 0 Å². The van der Waals surface area contributed by atoms with Gasteiger partial charge in [0.05, 0.1) is 0 Å². The van der Waals surface area contributed by atoms with E-state index in [-0.39, 0.29) is 23.7 Å². The number of hydrogen-bond acceptors (Lipinski definition) is 4. The molecule has 2 rings (SSSR count). The number of nitrogens with one attached hydrogen (secondary N) is 3. The molecule has 1 fully saturated rings. The van der Waals surface area contributed by atoms with Crippen LogP contribution in [0, 0.1) is 5.92 Å². The maximum atomic E-state index is 12.2. The monoisotopic (exact) mass is 345 g/mol. The van der Waals surface area contributed by atoms with Crippen molar-refractivity contribution in [2.45, 2.75) is 44.9 Å². The molecule has 134 valence electrons. The van der Waals surface area contributed by atoms with Crippen molar-refractivity contribution in [2.75, 3.05) is 11.9 Å². The summed E-state index contributed by atoms with van der Waals surface area (Å²) in [4.78, 5) is 12.2. The van der Waals surface area contributed by atoms with Crippen LogP contribution in [0.2, 0.25) is 0 Å². The lowest BCUT2D eigenvalue weighted by molar-refractivity contribution is -0.153. The molecule has 1 saturated heterocycles. The molecule has 0 radical (unpaired) electrons. The van der Waals surface area contributed by atoms with E-state index in [2.05, 4.69) is 34.8 Å². The number of amides is 1. The van der Waals surface area contributed by atoms with Gasteiger partial charge in [-0.3, -0.25) is 10.2 Å². The van der Waals surface area contributed by atoms with Crippen molar-refractivity contribution in [1.29, 1.82) is 0 Å². The first-order chi connectivity index (χ1) is 11.2. The minimum Gasteiger partial charge on any atom is -0.484 e. The molecular formula is C16H22F3N3O2. The molecule has 0 aromatic heterocycles. The highest BCUT2D eigenvalue weighted by Crippen LogP contribution is 2.21. The molecule has 1 amide bonds. The van der Waals surface area contributed by atoms with Gasteiger partial charge >= 0.3 is 6.18 Å². The minimum absolute atomic E-state index is 0.1000. The lowest BCUT2D eigenvalue weighted by atomic mass is 10.00. The summed E-state index contributed by atoms with van der Waals surface area (Å²) >= 11 is 0. The summed E-state index contributed by atoms with van der Waals surface area (Å²) < 4.78 is 40.9. The summed E-state index contributed by atoms with van der Waals surface area (Å²) in [5.74, 6) is 0.455. The fourth-order valence-corrected chi connectivity index (χ4v) is 2.55. The molecule has 5 nitrogen and oxygen atoms in total. The number of carbonyl (C=O) groups excluding carboxylic acids is 1. The van der Waals surface area contributed by atoms with Crippen molar-refractivity contribution in [1.82, 2.24) is 10.9 Å². The Morgan fingerprint density at radius 2 is 1.96 bits per heavy atom. The molecule has 0 saturated carbocycles. The van der Waals surface area contributed by atoms with Crippen LogP contribution in [0.4, 0.5) is 18.9 Å². The van der Waals surface area contributed by atoms with Crippen molar-refractivity contribution in [3.05, 3.63) is 24.3 Å². The summed E-state index contributed by atoms with van der Waals surface area (Å²) in [6.45, 7) is 2.91. The normalized spacial score (nSPS) is 21.1. The highest BCUT2D eigenvalue weighted by Gasteiger charge is 2.30. The maximum absolute atomic E-state index is 12.2. The first-order valence-electron chi connectivity index (χ1n) is 7.84. The average Bonchev–Trinajstić information content (AvgIpc) is 2.93. The van der Waals surface area contributed by atoms with Crippen molar-refractivity contribution in [3.8, 4) is 5.75 Å². The van der Waals surface area contributed by atoms with Gasteiger partial charge in [-0.2, -0.15) is 13.2 Å². The first-order valence-corrected chi connectivity index (χ1v) is 7.84. The van der Waals surface area contributed by atoms with Gasteiger partial charge in [0.25, 0.3) is 0 Å². The number of anilines is 1. The maximum Gasteiger partial charge on any atom is 0.422 e. The van der Waals surface area contributed by atoms with Crippen molar-refractivity contribution in [3.63, 3.8) is 0 Å². The quantitative estimate of drug-likeness (QED) is 0.742. The second kappa shape index (κ2) is 7.85. The third-order valence-electron chi connectivity index (χ3n) is 3.58. The van der Waals surface area contributed by atoms with Crippen LogP contribution in [-0.4, -0.2) is 30.8 Å². The molecule has 0 aliphatic carbocycles. The van der Waals surface area contributed by atoms with E-state index in [0.29, 0.717) is 18.0 Å². The Kier molecular flexibility index (Phi) is 6.06. The SMILES string of the molecule is CC(C)CC1CC(C(=O)Nc2ccc(OCC(F)(F)F)cc2)NN1. The van der Waals surface area contributed by atoms with Crippen LogP contribution >= 0.6 is 0 Å². The van der Waals surface area contributed by atoms with E-state index in [1.165, 1.54) is 24.3 Å². The van der Waals surface area contributed by atoms with Crippen LogP contribution in [0.25, 0.3) is 0 Å². The van der Waals surface area contributed by atoms with Gasteiger partial charge in [0.1, 0.15) is 11.8 Å². The van der Waals surface area contributed by atoms with Gasteiger partial charge in [-0.15, -0.1) is 0 Å². The molecule has 8 heteroatoms. The second-order valence-electron chi connectivity index (χ2n) is 6.32. The van der Waals surface area contributed by atoms with Crippen molar-refractivity contribution in [2.24, 2.45) is 5.92 Å². The van der Waals surface area contributed by atoms with E-state index in [4.69, 9.17) is 0 Å². The molecule has 0 bridgehead atoms. The highest BCUT2D eigenvalue weighted by atomic mass is 19.4. The third-order valence-corrected chi connectivity index (χ3v) is 3.58. The van der Waals surface area contributed by atoms with Gasteiger partial charge in [0.2, 0.25) is 5.91 Å². The van der Waals surface area contributed by atoms with Gasteiger partial charge in [0.15, 0.2) is 6.61 Å². The number of halogens is 3. The van der Waals surface area contributed by atoms with Crippen LogP contribution < -0.4 is 20.9 Å². The summed E-state index contributed by atoms with van der Waals surface area (Å²) in [5, 5.41) is 2.74. The van der Waals surface area contributed by atoms with Gasteiger partial charge in [-0.05, 0) is 43.0 Å². The molecule has 2 atom stereocenters. The molecule has 0 spiro atoms. The Morgan fingerprint density at radius 1 is 1.29 bits per heavy atom. The zero-order chi connectivity index (χ0) is 17.7. The number of hydrogen-bond donors (Lipinski definition) is 3. The Bertz CT molecular complexity index is 546. The van der Waals surface area contributed by atoms with E-state index in [1.807, 2.05) is 0 Å². The Balaban J connectivity index is 1.82. The van der Waals surface area contributed by atoms with Crippen LogP contribution in [0.3, 0.4) is 0 Å². The Labute approximate surface area is 138 Å². The molecule has 3 N–H and O–H groups in total. The van der Waals surface area contributed by atoms with Crippen LogP contribution in [0.1, 0.15) is 26.7 Å². The van der Waals surface area contributed by atoms with Gasteiger partial charge in [-0.25, -0.2) is 5.43 Å². The number of benzene rings is 1. The predicted octanol–water partition coefficient (Wildman–Crippen LogP) is 2.85. The van der Waals surface area contributed by atoms with Gasteiger partial charge < -0.3 is 10.1 Å². The Morgan fingerprint density at radius 3 is 2.54 bits per heavy atom. The van der Waals surface area contributed by atoms with Crippen molar-refractivity contribution >= 4 is 11.6 Å². The molecule has 24 heavy (non-hydrogen) atoms. The first kappa shape index (κ1) is 18.5. The lowest BCUT2D eigenvalue weighted by Gasteiger charge is -2.12. The smallest absolute Gasteiger partial charge is 0.422 e. The summed E-state index contributed by atoms with van der Waals surface area (Å²) in [6, 6.07) is 5.72. The molecule has 1 aliphatic heterocycles. The van der Waals surface area contributed by atoms with Crippen LogP contribution in [-0.2, 0) is 4.79 Å². The summed E-state index contributed by atoms with van der Waals surface area (Å²) in [5.41, 5.74) is 6.58. The van der Waals surface area contributed by atoms with Crippen LogP contribution in [0.15, 0.2) is 24.3 Å². The summed E-state index contributed by atoms with van der Waals surface area (Å²) in [7, 11) is 0. The highest BCUT2D eigenvalue weighted by molar-refractivity contribution is 5.95. The fourth-order valence-electron chi connectivity index (χ4n) is 2.55. The molecule has 1 aliphatic rings. The van der Waals surface area contributed by atoms with E-state index in [9.17, 15) is 18.0 Å². The minimum atomic E-state index is -4.37.